The molecule has 3 aromatic rings. The van der Waals surface area contributed by atoms with Crippen LogP contribution in [0.1, 0.15) is 47.7 Å². The maximum absolute atomic E-state index is 13.2. The van der Waals surface area contributed by atoms with Crippen molar-refractivity contribution in [3.8, 4) is 5.75 Å². The number of nitrogens with zero attached hydrogens (tertiary/aromatic N) is 3. The highest BCUT2D eigenvalue weighted by molar-refractivity contribution is 5.81. The first-order valence-corrected chi connectivity index (χ1v) is 11.3. The molecule has 0 radical (unpaired) electrons. The van der Waals surface area contributed by atoms with E-state index >= 15 is 0 Å². The largest absolute Gasteiger partial charge is 0.493 e. The third-order valence-corrected chi connectivity index (χ3v) is 6.67. The molecular formula is C26H29N3O2. The molecule has 1 unspecified atom stereocenters. The number of hydrogen-bond acceptors (Lipinski definition) is 3. The minimum absolute atomic E-state index is 0.0951. The molecule has 2 aromatic carbocycles. The Morgan fingerprint density at radius 2 is 1.94 bits per heavy atom. The monoisotopic (exact) mass is 415 g/mol. The maximum atomic E-state index is 13.2. The van der Waals surface area contributed by atoms with Crippen molar-refractivity contribution >= 4 is 5.91 Å². The molecule has 1 saturated heterocycles. The average molecular weight is 416 g/mol. The van der Waals surface area contributed by atoms with Crippen molar-refractivity contribution in [1.82, 2.24) is 14.5 Å². The molecule has 0 N–H and O–H groups in total. The zero-order chi connectivity index (χ0) is 21.2. The van der Waals surface area contributed by atoms with Gasteiger partial charge in [-0.15, -0.1) is 0 Å². The molecule has 5 nitrogen and oxygen atoms in total. The molecular weight excluding hydrogens is 386 g/mol. The van der Waals surface area contributed by atoms with Gasteiger partial charge in [0.2, 0.25) is 5.91 Å². The first-order valence-electron chi connectivity index (χ1n) is 11.3. The lowest BCUT2D eigenvalue weighted by atomic mass is 9.98. The summed E-state index contributed by atoms with van der Waals surface area (Å²) < 4.78 is 8.00. The fourth-order valence-electron chi connectivity index (χ4n) is 4.90. The zero-order valence-electron chi connectivity index (χ0n) is 18.0. The van der Waals surface area contributed by atoms with Crippen molar-refractivity contribution in [1.29, 1.82) is 0 Å². The third-order valence-electron chi connectivity index (χ3n) is 6.67. The molecule has 2 aliphatic heterocycles. The Kier molecular flexibility index (Phi) is 5.49. The number of ether oxygens (including phenoxy) is 1. The SMILES string of the molecule is Cc1ccc(Cn2cncc2CC[C@@H]2CCN(C3CCOc4ccccc43)C2=O)cc1. The number of rotatable bonds is 6. The van der Waals surface area contributed by atoms with Crippen molar-refractivity contribution in [3.05, 3.63) is 83.4 Å². The molecule has 2 atom stereocenters. The lowest BCUT2D eigenvalue weighted by molar-refractivity contribution is -0.133. The summed E-state index contributed by atoms with van der Waals surface area (Å²) in [7, 11) is 0. The lowest BCUT2D eigenvalue weighted by Crippen LogP contribution is -2.34. The van der Waals surface area contributed by atoms with Crippen LogP contribution < -0.4 is 4.74 Å². The Bertz CT molecular complexity index is 1060. The van der Waals surface area contributed by atoms with Crippen molar-refractivity contribution in [3.63, 3.8) is 0 Å². The first kappa shape index (κ1) is 19.9. The first-order chi connectivity index (χ1) is 15.2. The second-order valence-electron chi connectivity index (χ2n) is 8.75. The number of fused-ring (bicyclic) bond motifs is 1. The van der Waals surface area contributed by atoms with Crippen LogP contribution in [0.15, 0.2) is 61.1 Å². The van der Waals surface area contributed by atoms with E-state index in [9.17, 15) is 4.79 Å². The number of likely N-dealkylation sites (tertiary alicyclic amines) is 1. The predicted octanol–water partition coefficient (Wildman–Crippen LogP) is 4.54. The van der Waals surface area contributed by atoms with E-state index in [0.29, 0.717) is 12.5 Å². The topological polar surface area (TPSA) is 47.4 Å². The van der Waals surface area contributed by atoms with Crippen LogP contribution in [0.2, 0.25) is 0 Å². The van der Waals surface area contributed by atoms with Crippen LogP contribution in [0.25, 0.3) is 0 Å². The quantitative estimate of drug-likeness (QED) is 0.594. The molecule has 5 heteroatoms. The van der Waals surface area contributed by atoms with Crippen LogP contribution in [0.4, 0.5) is 0 Å². The predicted molar refractivity (Wildman–Crippen MR) is 120 cm³/mol. The van der Waals surface area contributed by atoms with Crippen molar-refractivity contribution in [2.24, 2.45) is 5.92 Å². The number of benzene rings is 2. The highest BCUT2D eigenvalue weighted by Crippen LogP contribution is 2.39. The molecule has 0 aliphatic carbocycles. The number of carbonyl (C=O) groups is 1. The minimum atomic E-state index is 0.0951. The lowest BCUT2D eigenvalue weighted by Gasteiger charge is -2.33. The Labute approximate surface area is 183 Å². The highest BCUT2D eigenvalue weighted by Gasteiger charge is 2.38. The van der Waals surface area contributed by atoms with Crippen molar-refractivity contribution in [2.75, 3.05) is 13.2 Å². The Morgan fingerprint density at radius 3 is 2.81 bits per heavy atom. The van der Waals surface area contributed by atoms with Gasteiger partial charge in [0.05, 0.1) is 19.0 Å². The highest BCUT2D eigenvalue weighted by atomic mass is 16.5. The molecule has 5 rings (SSSR count). The van der Waals surface area contributed by atoms with Gasteiger partial charge in [-0.2, -0.15) is 0 Å². The van der Waals surface area contributed by atoms with E-state index in [0.717, 1.165) is 50.1 Å². The smallest absolute Gasteiger partial charge is 0.226 e. The summed E-state index contributed by atoms with van der Waals surface area (Å²) >= 11 is 0. The summed E-state index contributed by atoms with van der Waals surface area (Å²) in [5.41, 5.74) is 4.89. The van der Waals surface area contributed by atoms with Crippen LogP contribution in [0, 0.1) is 12.8 Å². The number of aromatic nitrogens is 2. The van der Waals surface area contributed by atoms with Crippen LogP contribution in [0.3, 0.4) is 0 Å². The van der Waals surface area contributed by atoms with Gasteiger partial charge in [0.25, 0.3) is 0 Å². The van der Waals surface area contributed by atoms with E-state index < -0.39 is 0 Å². The number of amides is 1. The van der Waals surface area contributed by atoms with Gasteiger partial charge >= 0.3 is 0 Å². The van der Waals surface area contributed by atoms with Crippen LogP contribution in [-0.2, 0) is 17.8 Å². The third kappa shape index (κ3) is 4.09. The van der Waals surface area contributed by atoms with Crippen LogP contribution in [0.5, 0.6) is 5.75 Å². The second kappa shape index (κ2) is 8.58. The van der Waals surface area contributed by atoms with Gasteiger partial charge < -0.3 is 14.2 Å². The molecule has 0 saturated carbocycles. The Balaban J connectivity index is 1.23. The fraction of sp³-hybridized carbons (Fsp3) is 0.385. The average Bonchev–Trinajstić information content (AvgIpc) is 3.39. The number of imidazole rings is 1. The van der Waals surface area contributed by atoms with Gasteiger partial charge in [-0.25, -0.2) is 4.98 Å². The van der Waals surface area contributed by atoms with E-state index in [1.54, 1.807) is 0 Å². The molecule has 1 fully saturated rings. The molecule has 3 heterocycles. The number of carbonyl (C=O) groups excluding carboxylic acids is 1. The molecule has 160 valence electrons. The molecule has 1 aromatic heterocycles. The molecule has 1 amide bonds. The standard InChI is InChI=1S/C26H29N3O2/c1-19-6-8-20(9-7-19)17-28-18-27-16-22(28)11-10-21-12-14-29(26(21)30)24-13-15-31-25-5-3-2-4-23(24)25/h2-9,16,18,21,24H,10-15,17H2,1H3/t21-,24?/m1/s1. The van der Waals surface area contributed by atoms with Crippen LogP contribution >= 0.6 is 0 Å². The molecule has 0 spiro atoms. The van der Waals surface area contributed by atoms with E-state index in [4.69, 9.17) is 4.74 Å². The van der Waals surface area contributed by atoms with Gasteiger partial charge in [-0.3, -0.25) is 4.79 Å². The van der Waals surface area contributed by atoms with E-state index in [1.807, 2.05) is 30.7 Å². The maximum Gasteiger partial charge on any atom is 0.226 e. The summed E-state index contributed by atoms with van der Waals surface area (Å²) in [5.74, 6) is 1.32. The molecule has 0 bridgehead atoms. The van der Waals surface area contributed by atoms with Crippen molar-refractivity contribution in [2.45, 2.75) is 45.2 Å². The van der Waals surface area contributed by atoms with Gasteiger partial charge in [0.15, 0.2) is 0 Å². The summed E-state index contributed by atoms with van der Waals surface area (Å²) in [5, 5.41) is 0. The summed E-state index contributed by atoms with van der Waals surface area (Å²) in [6.07, 6.45) is 7.40. The van der Waals surface area contributed by atoms with E-state index in [-0.39, 0.29) is 12.0 Å². The number of aryl methyl sites for hydroxylation is 2. The number of para-hydroxylation sites is 1. The zero-order valence-corrected chi connectivity index (χ0v) is 18.0. The molecule has 2 aliphatic rings. The summed E-state index contributed by atoms with van der Waals surface area (Å²) in [6.45, 7) is 4.44. The number of hydrogen-bond donors (Lipinski definition) is 0. The van der Waals surface area contributed by atoms with E-state index in [1.165, 1.54) is 16.8 Å². The van der Waals surface area contributed by atoms with Crippen molar-refractivity contribution < 1.29 is 9.53 Å². The van der Waals surface area contributed by atoms with Gasteiger partial charge in [0.1, 0.15) is 5.75 Å². The summed E-state index contributed by atoms with van der Waals surface area (Å²) in [6, 6.07) is 16.9. The second-order valence-corrected chi connectivity index (χ2v) is 8.75. The van der Waals surface area contributed by atoms with E-state index in [2.05, 4.69) is 51.7 Å². The Morgan fingerprint density at radius 1 is 1.10 bits per heavy atom. The molecule has 31 heavy (non-hydrogen) atoms. The van der Waals surface area contributed by atoms with Gasteiger partial charge in [-0.05, 0) is 37.8 Å². The minimum Gasteiger partial charge on any atom is -0.493 e. The van der Waals surface area contributed by atoms with Crippen LogP contribution in [-0.4, -0.2) is 33.5 Å². The summed E-state index contributed by atoms with van der Waals surface area (Å²) in [4.78, 5) is 19.7. The normalized spacial score (nSPS) is 20.5. The van der Waals surface area contributed by atoms with Gasteiger partial charge in [0, 0.05) is 42.9 Å². The van der Waals surface area contributed by atoms with Gasteiger partial charge in [-0.1, -0.05) is 48.0 Å². The Hall–Kier alpha value is -3.08. The fourth-order valence-corrected chi connectivity index (χ4v) is 4.90.